The molecule has 0 spiro atoms. The van der Waals surface area contributed by atoms with E-state index in [1.807, 2.05) is 0 Å². The summed E-state index contributed by atoms with van der Waals surface area (Å²) in [6.45, 7) is 7.16. The first-order valence-electron chi connectivity index (χ1n) is 6.72. The predicted molar refractivity (Wildman–Crippen MR) is 67.3 cm³/mol. The van der Waals surface area contributed by atoms with Crippen LogP contribution in [0.1, 0.15) is 46.0 Å². The molecule has 0 aromatic heterocycles. The predicted octanol–water partition coefficient (Wildman–Crippen LogP) is 1.93. The highest BCUT2D eigenvalue weighted by atomic mass is 16.1. The number of hydrogen-bond donors (Lipinski definition) is 2. The second-order valence-corrected chi connectivity index (χ2v) is 5.05. The quantitative estimate of drug-likeness (QED) is 0.679. The Kier molecular flexibility index (Phi) is 6.46. The van der Waals surface area contributed by atoms with E-state index < -0.39 is 0 Å². The van der Waals surface area contributed by atoms with Crippen molar-refractivity contribution in [3.8, 4) is 0 Å². The van der Waals surface area contributed by atoms with E-state index in [2.05, 4.69) is 24.5 Å². The van der Waals surface area contributed by atoms with Gasteiger partial charge in [0.25, 0.3) is 0 Å². The molecule has 94 valence electrons. The van der Waals surface area contributed by atoms with E-state index in [0.717, 1.165) is 32.5 Å². The van der Waals surface area contributed by atoms with Crippen LogP contribution in [-0.2, 0) is 4.79 Å². The van der Waals surface area contributed by atoms with Crippen LogP contribution in [0.3, 0.4) is 0 Å². The number of carbonyl (C=O) groups is 1. The number of nitrogens with one attached hydrogen (secondary N) is 2. The summed E-state index contributed by atoms with van der Waals surface area (Å²) in [6, 6.07) is 0. The molecule has 0 aliphatic carbocycles. The van der Waals surface area contributed by atoms with Crippen molar-refractivity contribution in [2.24, 2.45) is 11.8 Å². The van der Waals surface area contributed by atoms with Crippen LogP contribution in [0.4, 0.5) is 0 Å². The highest BCUT2D eigenvalue weighted by Crippen LogP contribution is 2.15. The Bertz CT molecular complexity index is 206. The van der Waals surface area contributed by atoms with Crippen LogP contribution in [-0.4, -0.2) is 25.5 Å². The minimum Gasteiger partial charge on any atom is -0.356 e. The van der Waals surface area contributed by atoms with Gasteiger partial charge in [-0.15, -0.1) is 0 Å². The van der Waals surface area contributed by atoms with Crippen LogP contribution in [0, 0.1) is 11.8 Å². The molecule has 0 bridgehead atoms. The molecule has 1 heterocycles. The zero-order valence-corrected chi connectivity index (χ0v) is 10.7. The van der Waals surface area contributed by atoms with Gasteiger partial charge in [-0.1, -0.05) is 33.1 Å². The van der Waals surface area contributed by atoms with Crippen LogP contribution in [0.15, 0.2) is 0 Å². The Labute approximate surface area is 99.4 Å². The van der Waals surface area contributed by atoms with Gasteiger partial charge in [-0.05, 0) is 25.3 Å². The Morgan fingerprint density at radius 3 is 2.81 bits per heavy atom. The van der Waals surface area contributed by atoms with Crippen molar-refractivity contribution in [1.82, 2.24) is 10.6 Å². The normalized spacial score (nSPS) is 25.4. The Morgan fingerprint density at radius 1 is 1.31 bits per heavy atom. The van der Waals surface area contributed by atoms with Gasteiger partial charge in [0.1, 0.15) is 0 Å². The fourth-order valence-electron chi connectivity index (χ4n) is 2.26. The van der Waals surface area contributed by atoms with E-state index >= 15 is 0 Å². The number of rotatable bonds is 6. The van der Waals surface area contributed by atoms with Crippen molar-refractivity contribution >= 4 is 5.91 Å². The number of unbranched alkanes of at least 4 members (excludes halogenated alkanes) is 3. The molecule has 1 saturated heterocycles. The lowest BCUT2D eigenvalue weighted by molar-refractivity contribution is -0.125. The molecular formula is C13H26N2O. The van der Waals surface area contributed by atoms with Gasteiger partial charge in [0.2, 0.25) is 5.91 Å². The number of piperidine rings is 1. The summed E-state index contributed by atoms with van der Waals surface area (Å²) >= 11 is 0. The number of hydrogen-bond acceptors (Lipinski definition) is 2. The molecule has 1 aliphatic rings. The standard InChI is InChI=1S/C13H26N2O/c1-3-4-5-6-7-15-13(16)12-8-11(2)9-14-10-12/h11-12,14H,3-10H2,1-2H3,(H,15,16). The Balaban J connectivity index is 2.09. The zero-order chi connectivity index (χ0) is 11.8. The number of carbonyl (C=O) groups excluding carboxylic acids is 1. The van der Waals surface area contributed by atoms with Gasteiger partial charge in [0.05, 0.1) is 5.92 Å². The second kappa shape index (κ2) is 7.66. The van der Waals surface area contributed by atoms with Crippen molar-refractivity contribution in [2.45, 2.75) is 46.0 Å². The molecule has 0 aromatic rings. The molecule has 1 amide bonds. The van der Waals surface area contributed by atoms with E-state index in [0.29, 0.717) is 5.92 Å². The highest BCUT2D eigenvalue weighted by Gasteiger charge is 2.24. The van der Waals surface area contributed by atoms with Gasteiger partial charge >= 0.3 is 0 Å². The first-order valence-corrected chi connectivity index (χ1v) is 6.72. The third kappa shape index (κ3) is 4.97. The molecule has 1 rings (SSSR count). The van der Waals surface area contributed by atoms with Crippen molar-refractivity contribution in [2.75, 3.05) is 19.6 Å². The Hall–Kier alpha value is -0.570. The van der Waals surface area contributed by atoms with Crippen molar-refractivity contribution in [1.29, 1.82) is 0 Å². The molecule has 0 aromatic carbocycles. The van der Waals surface area contributed by atoms with E-state index in [1.54, 1.807) is 0 Å². The molecule has 0 radical (unpaired) electrons. The van der Waals surface area contributed by atoms with Gasteiger partial charge in [0.15, 0.2) is 0 Å². The maximum absolute atomic E-state index is 11.8. The second-order valence-electron chi connectivity index (χ2n) is 5.05. The topological polar surface area (TPSA) is 41.1 Å². The zero-order valence-electron chi connectivity index (χ0n) is 10.7. The third-order valence-corrected chi connectivity index (χ3v) is 3.27. The van der Waals surface area contributed by atoms with Gasteiger partial charge in [-0.3, -0.25) is 4.79 Å². The van der Waals surface area contributed by atoms with Crippen LogP contribution < -0.4 is 10.6 Å². The maximum Gasteiger partial charge on any atom is 0.224 e. The molecule has 2 atom stereocenters. The van der Waals surface area contributed by atoms with Crippen LogP contribution in [0.2, 0.25) is 0 Å². The molecule has 1 fully saturated rings. The minimum absolute atomic E-state index is 0.190. The average Bonchev–Trinajstić information content (AvgIpc) is 2.28. The smallest absolute Gasteiger partial charge is 0.224 e. The first kappa shape index (κ1) is 13.5. The van der Waals surface area contributed by atoms with Crippen LogP contribution >= 0.6 is 0 Å². The average molecular weight is 226 g/mol. The lowest BCUT2D eigenvalue weighted by Crippen LogP contribution is -2.43. The summed E-state index contributed by atoms with van der Waals surface area (Å²) in [4.78, 5) is 11.8. The molecule has 2 unspecified atom stereocenters. The van der Waals surface area contributed by atoms with Crippen molar-refractivity contribution < 1.29 is 4.79 Å². The summed E-state index contributed by atoms with van der Waals surface area (Å²) in [5.74, 6) is 1.06. The highest BCUT2D eigenvalue weighted by molar-refractivity contribution is 5.78. The van der Waals surface area contributed by atoms with Crippen LogP contribution in [0.25, 0.3) is 0 Å². The molecule has 3 heteroatoms. The lowest BCUT2D eigenvalue weighted by atomic mass is 9.91. The van der Waals surface area contributed by atoms with Crippen LogP contribution in [0.5, 0.6) is 0 Å². The lowest BCUT2D eigenvalue weighted by Gasteiger charge is -2.26. The summed E-state index contributed by atoms with van der Waals surface area (Å²) in [6.07, 6.45) is 5.91. The van der Waals surface area contributed by atoms with E-state index in [1.165, 1.54) is 19.3 Å². The minimum atomic E-state index is 0.190. The summed E-state index contributed by atoms with van der Waals surface area (Å²) in [5, 5.41) is 6.37. The largest absolute Gasteiger partial charge is 0.356 e. The maximum atomic E-state index is 11.8. The SMILES string of the molecule is CCCCCCNC(=O)C1CNCC(C)C1. The summed E-state index contributed by atoms with van der Waals surface area (Å²) < 4.78 is 0. The molecule has 1 aliphatic heterocycles. The summed E-state index contributed by atoms with van der Waals surface area (Å²) in [5.41, 5.74) is 0. The Morgan fingerprint density at radius 2 is 2.12 bits per heavy atom. The molecular weight excluding hydrogens is 200 g/mol. The number of amides is 1. The molecule has 2 N–H and O–H groups in total. The fourth-order valence-corrected chi connectivity index (χ4v) is 2.26. The van der Waals surface area contributed by atoms with E-state index in [4.69, 9.17) is 0 Å². The monoisotopic (exact) mass is 226 g/mol. The molecule has 16 heavy (non-hydrogen) atoms. The van der Waals surface area contributed by atoms with Gasteiger partial charge < -0.3 is 10.6 Å². The van der Waals surface area contributed by atoms with Crippen molar-refractivity contribution in [3.63, 3.8) is 0 Å². The van der Waals surface area contributed by atoms with Gasteiger partial charge in [-0.2, -0.15) is 0 Å². The van der Waals surface area contributed by atoms with Gasteiger partial charge in [-0.25, -0.2) is 0 Å². The fraction of sp³-hybridized carbons (Fsp3) is 0.923. The summed E-state index contributed by atoms with van der Waals surface area (Å²) in [7, 11) is 0. The third-order valence-electron chi connectivity index (χ3n) is 3.27. The van der Waals surface area contributed by atoms with Gasteiger partial charge in [0, 0.05) is 13.1 Å². The molecule has 3 nitrogen and oxygen atoms in total. The molecule has 0 saturated carbocycles. The first-order chi connectivity index (χ1) is 7.74. The van der Waals surface area contributed by atoms with E-state index in [-0.39, 0.29) is 11.8 Å². The van der Waals surface area contributed by atoms with E-state index in [9.17, 15) is 4.79 Å². The van der Waals surface area contributed by atoms with Crippen molar-refractivity contribution in [3.05, 3.63) is 0 Å².